The van der Waals surface area contributed by atoms with Crippen LogP contribution in [0.25, 0.3) is 0 Å². The zero-order chi connectivity index (χ0) is 11.8. The van der Waals surface area contributed by atoms with Crippen molar-refractivity contribution in [2.75, 3.05) is 18.8 Å². The summed E-state index contributed by atoms with van der Waals surface area (Å²) in [5, 5.41) is 12.0. The Morgan fingerprint density at radius 3 is 3.06 bits per heavy atom. The SMILES string of the molecule is O=[N+]([O-])c1ccccc1C1CN2CCSC2=N1. The fourth-order valence-electron chi connectivity index (χ4n) is 2.21. The molecule has 0 radical (unpaired) electrons. The number of fused-ring (bicyclic) bond motifs is 1. The monoisotopic (exact) mass is 249 g/mol. The average molecular weight is 249 g/mol. The van der Waals surface area contributed by atoms with Gasteiger partial charge in [0.15, 0.2) is 5.17 Å². The number of amidine groups is 1. The lowest BCUT2D eigenvalue weighted by Gasteiger charge is -2.12. The Bertz CT molecular complexity index is 503. The van der Waals surface area contributed by atoms with E-state index < -0.39 is 0 Å². The third-order valence-electron chi connectivity index (χ3n) is 3.01. The maximum atomic E-state index is 11.0. The van der Waals surface area contributed by atoms with Gasteiger partial charge in [0, 0.05) is 24.9 Å². The molecule has 1 saturated heterocycles. The molecule has 1 atom stereocenters. The van der Waals surface area contributed by atoms with Crippen molar-refractivity contribution >= 4 is 22.6 Å². The Labute approximate surface area is 103 Å². The Morgan fingerprint density at radius 2 is 2.29 bits per heavy atom. The molecule has 3 rings (SSSR count). The summed E-state index contributed by atoms with van der Waals surface area (Å²) in [6.07, 6.45) is 0. The number of aliphatic imine (C=N–C) groups is 1. The first kappa shape index (κ1) is 10.6. The summed E-state index contributed by atoms with van der Waals surface area (Å²) in [6, 6.07) is 6.80. The zero-order valence-corrected chi connectivity index (χ0v) is 9.89. The Morgan fingerprint density at radius 1 is 1.47 bits per heavy atom. The van der Waals surface area contributed by atoms with Crippen molar-refractivity contribution in [3.05, 3.63) is 39.9 Å². The molecule has 2 aliphatic heterocycles. The number of rotatable bonds is 2. The maximum Gasteiger partial charge on any atom is 0.274 e. The van der Waals surface area contributed by atoms with Gasteiger partial charge in [-0.25, -0.2) is 0 Å². The molecule has 0 aliphatic carbocycles. The normalized spacial score (nSPS) is 22.5. The van der Waals surface area contributed by atoms with Gasteiger partial charge in [-0.15, -0.1) is 0 Å². The average Bonchev–Trinajstić information content (AvgIpc) is 2.88. The van der Waals surface area contributed by atoms with E-state index in [9.17, 15) is 10.1 Å². The van der Waals surface area contributed by atoms with Gasteiger partial charge in [-0.2, -0.15) is 0 Å². The molecule has 17 heavy (non-hydrogen) atoms. The van der Waals surface area contributed by atoms with Gasteiger partial charge in [0.1, 0.15) is 6.04 Å². The van der Waals surface area contributed by atoms with Crippen LogP contribution in [-0.4, -0.2) is 33.8 Å². The standard InChI is InChI=1S/C11H11N3O2S/c15-14(16)10-4-2-1-3-8(10)9-7-13-5-6-17-11(13)12-9/h1-4,9H,5-7H2. The van der Waals surface area contributed by atoms with Crippen LogP contribution in [0.5, 0.6) is 0 Å². The second kappa shape index (κ2) is 4.03. The van der Waals surface area contributed by atoms with Crippen LogP contribution in [0.4, 0.5) is 5.69 Å². The first-order valence-corrected chi connectivity index (χ1v) is 6.43. The molecule has 0 amide bonds. The van der Waals surface area contributed by atoms with E-state index >= 15 is 0 Å². The third kappa shape index (κ3) is 1.78. The molecule has 0 N–H and O–H groups in total. The van der Waals surface area contributed by atoms with Crippen molar-refractivity contribution in [2.24, 2.45) is 4.99 Å². The van der Waals surface area contributed by atoms with Crippen molar-refractivity contribution in [1.29, 1.82) is 0 Å². The highest BCUT2D eigenvalue weighted by Gasteiger charge is 2.33. The molecule has 0 bridgehead atoms. The second-order valence-corrected chi connectivity index (χ2v) is 5.10. The summed E-state index contributed by atoms with van der Waals surface area (Å²) in [4.78, 5) is 17.4. The van der Waals surface area contributed by atoms with E-state index in [1.807, 2.05) is 6.07 Å². The van der Waals surface area contributed by atoms with Crippen LogP contribution in [0.3, 0.4) is 0 Å². The van der Waals surface area contributed by atoms with E-state index in [1.54, 1.807) is 30.0 Å². The number of nitro benzene ring substituents is 1. The van der Waals surface area contributed by atoms with Gasteiger partial charge in [0.2, 0.25) is 0 Å². The van der Waals surface area contributed by atoms with E-state index in [1.165, 1.54) is 0 Å². The van der Waals surface area contributed by atoms with E-state index in [0.717, 1.165) is 29.6 Å². The molecule has 2 heterocycles. The highest BCUT2D eigenvalue weighted by atomic mass is 32.2. The lowest BCUT2D eigenvalue weighted by Crippen LogP contribution is -2.22. The molecule has 5 nitrogen and oxygen atoms in total. The van der Waals surface area contributed by atoms with Gasteiger partial charge in [-0.3, -0.25) is 15.1 Å². The molecule has 1 aromatic carbocycles. The molecule has 1 unspecified atom stereocenters. The molecular weight excluding hydrogens is 238 g/mol. The number of nitrogens with zero attached hydrogens (tertiary/aromatic N) is 3. The van der Waals surface area contributed by atoms with E-state index in [4.69, 9.17) is 0 Å². The van der Waals surface area contributed by atoms with Crippen LogP contribution < -0.4 is 0 Å². The molecule has 0 spiro atoms. The van der Waals surface area contributed by atoms with Crippen LogP contribution in [0.2, 0.25) is 0 Å². The van der Waals surface area contributed by atoms with E-state index in [-0.39, 0.29) is 16.7 Å². The Kier molecular flexibility index (Phi) is 2.51. The molecule has 88 valence electrons. The zero-order valence-electron chi connectivity index (χ0n) is 9.07. The van der Waals surface area contributed by atoms with Gasteiger partial charge < -0.3 is 4.90 Å². The first-order valence-electron chi connectivity index (χ1n) is 5.44. The predicted molar refractivity (Wildman–Crippen MR) is 67.3 cm³/mol. The molecule has 2 aliphatic rings. The quantitative estimate of drug-likeness (QED) is 0.594. The van der Waals surface area contributed by atoms with Crippen molar-refractivity contribution in [3.8, 4) is 0 Å². The lowest BCUT2D eigenvalue weighted by molar-refractivity contribution is -0.385. The fraction of sp³-hybridized carbons (Fsp3) is 0.364. The van der Waals surface area contributed by atoms with E-state index in [0.29, 0.717) is 0 Å². The largest absolute Gasteiger partial charge is 0.348 e. The van der Waals surface area contributed by atoms with E-state index in [2.05, 4.69) is 9.89 Å². The van der Waals surface area contributed by atoms with Gasteiger partial charge in [0.25, 0.3) is 5.69 Å². The van der Waals surface area contributed by atoms with Crippen molar-refractivity contribution < 1.29 is 4.92 Å². The molecule has 1 fully saturated rings. The summed E-state index contributed by atoms with van der Waals surface area (Å²) in [6.45, 7) is 1.77. The van der Waals surface area contributed by atoms with Gasteiger partial charge in [-0.1, -0.05) is 23.9 Å². The van der Waals surface area contributed by atoms with Crippen molar-refractivity contribution in [3.63, 3.8) is 0 Å². The topological polar surface area (TPSA) is 58.7 Å². The highest BCUT2D eigenvalue weighted by molar-refractivity contribution is 8.14. The summed E-state index contributed by atoms with van der Waals surface area (Å²) < 4.78 is 0. The minimum absolute atomic E-state index is 0.0839. The molecular formula is C11H11N3O2S. The van der Waals surface area contributed by atoms with Crippen LogP contribution >= 0.6 is 11.8 Å². The minimum atomic E-state index is -0.327. The molecule has 0 aromatic heterocycles. The van der Waals surface area contributed by atoms with Crippen LogP contribution in [0, 0.1) is 10.1 Å². The van der Waals surface area contributed by atoms with Gasteiger partial charge in [0.05, 0.1) is 10.5 Å². The Hall–Kier alpha value is -1.56. The molecule has 6 heteroatoms. The number of hydrogen-bond acceptors (Lipinski definition) is 5. The van der Waals surface area contributed by atoms with Gasteiger partial charge in [-0.05, 0) is 6.07 Å². The maximum absolute atomic E-state index is 11.0. The number of thioether (sulfide) groups is 1. The predicted octanol–water partition coefficient (Wildman–Crippen LogP) is 2.05. The Balaban J connectivity index is 1.96. The summed E-state index contributed by atoms with van der Waals surface area (Å²) in [5.74, 6) is 1.07. The molecule has 1 aromatic rings. The highest BCUT2D eigenvalue weighted by Crippen LogP contribution is 2.35. The van der Waals surface area contributed by atoms with Crippen LogP contribution in [-0.2, 0) is 0 Å². The second-order valence-electron chi connectivity index (χ2n) is 4.04. The number of para-hydroxylation sites is 1. The van der Waals surface area contributed by atoms with Crippen LogP contribution in [0.1, 0.15) is 11.6 Å². The summed E-state index contributed by atoms with van der Waals surface area (Å²) >= 11 is 1.73. The number of nitro groups is 1. The smallest absolute Gasteiger partial charge is 0.274 e. The summed E-state index contributed by atoms with van der Waals surface area (Å²) in [5.41, 5.74) is 0.896. The van der Waals surface area contributed by atoms with Crippen LogP contribution in [0.15, 0.2) is 29.3 Å². The molecule has 0 saturated carbocycles. The number of hydrogen-bond donors (Lipinski definition) is 0. The minimum Gasteiger partial charge on any atom is -0.348 e. The number of benzene rings is 1. The fourth-order valence-corrected chi connectivity index (χ4v) is 3.25. The third-order valence-corrected chi connectivity index (χ3v) is 4.02. The first-order chi connectivity index (χ1) is 8.25. The lowest BCUT2D eigenvalue weighted by atomic mass is 10.1. The van der Waals surface area contributed by atoms with Crippen molar-refractivity contribution in [1.82, 2.24) is 4.90 Å². The van der Waals surface area contributed by atoms with Crippen molar-refractivity contribution in [2.45, 2.75) is 6.04 Å². The van der Waals surface area contributed by atoms with Gasteiger partial charge >= 0.3 is 0 Å². The summed E-state index contributed by atoms with van der Waals surface area (Å²) in [7, 11) is 0.